The van der Waals surface area contributed by atoms with Crippen molar-refractivity contribution in [3.05, 3.63) is 34.3 Å². The lowest BCUT2D eigenvalue weighted by Gasteiger charge is -2.14. The number of halogens is 4. The Balaban J connectivity index is 2.62. The Morgan fingerprint density at radius 2 is 1.93 bits per heavy atom. The van der Waals surface area contributed by atoms with Crippen LogP contribution in [0.2, 0.25) is 0 Å². The van der Waals surface area contributed by atoms with Crippen molar-refractivity contribution in [3.63, 3.8) is 0 Å². The average molecular weight is 285 g/mol. The largest absolute Gasteiger partial charge is 0.522 e. The first-order valence-corrected chi connectivity index (χ1v) is 4.82. The molecular formula is C9H8BrF3O2. The molecule has 0 amide bonds. The number of hydrogen-bond acceptors (Lipinski definition) is 2. The first kappa shape index (κ1) is 12.5. The highest BCUT2D eigenvalue weighted by Crippen LogP contribution is 2.25. The first-order chi connectivity index (χ1) is 6.90. The maximum Gasteiger partial charge on any atom is 0.522 e. The second kappa shape index (κ2) is 4.96. The second-order valence-corrected chi connectivity index (χ2v) is 3.65. The van der Waals surface area contributed by atoms with E-state index in [0.717, 1.165) is 0 Å². The third-order valence-electron chi connectivity index (χ3n) is 1.67. The molecule has 0 aliphatic carbocycles. The van der Waals surface area contributed by atoms with Gasteiger partial charge in [0.15, 0.2) is 0 Å². The summed E-state index contributed by atoms with van der Waals surface area (Å²) in [6, 6.07) is 6.47. The summed E-state index contributed by atoms with van der Waals surface area (Å²) in [6.07, 6.45) is -6.02. The summed E-state index contributed by atoms with van der Waals surface area (Å²) in [5, 5.41) is 9.41. The highest BCUT2D eigenvalue weighted by Gasteiger charge is 2.30. The molecule has 0 unspecified atom stereocenters. The van der Waals surface area contributed by atoms with Crippen LogP contribution in [-0.4, -0.2) is 18.1 Å². The van der Waals surface area contributed by atoms with E-state index in [1.54, 1.807) is 18.2 Å². The molecule has 1 N–H and O–H groups in total. The average Bonchev–Trinajstić information content (AvgIpc) is 2.14. The SMILES string of the molecule is O[C@H](COC(F)(F)F)c1ccccc1Br. The lowest BCUT2D eigenvalue weighted by molar-refractivity contribution is -0.331. The third-order valence-corrected chi connectivity index (χ3v) is 2.39. The molecular weight excluding hydrogens is 277 g/mol. The minimum atomic E-state index is -4.72. The minimum Gasteiger partial charge on any atom is -0.386 e. The minimum absolute atomic E-state index is 0.363. The van der Waals surface area contributed by atoms with Crippen molar-refractivity contribution in [2.45, 2.75) is 12.5 Å². The van der Waals surface area contributed by atoms with Gasteiger partial charge in [0.25, 0.3) is 0 Å². The van der Waals surface area contributed by atoms with Crippen molar-refractivity contribution in [3.8, 4) is 0 Å². The smallest absolute Gasteiger partial charge is 0.386 e. The lowest BCUT2D eigenvalue weighted by atomic mass is 10.1. The van der Waals surface area contributed by atoms with Gasteiger partial charge in [-0.1, -0.05) is 34.1 Å². The molecule has 1 rings (SSSR count). The predicted octanol–water partition coefficient (Wildman–Crippen LogP) is 3.02. The van der Waals surface area contributed by atoms with Gasteiger partial charge in [-0.15, -0.1) is 13.2 Å². The Labute approximate surface area is 92.8 Å². The van der Waals surface area contributed by atoms with Gasteiger partial charge >= 0.3 is 6.36 Å². The molecule has 1 aromatic rings. The summed E-state index contributed by atoms with van der Waals surface area (Å²) < 4.78 is 39.1. The van der Waals surface area contributed by atoms with Crippen molar-refractivity contribution in [2.24, 2.45) is 0 Å². The van der Waals surface area contributed by atoms with E-state index >= 15 is 0 Å². The van der Waals surface area contributed by atoms with Gasteiger partial charge in [-0.2, -0.15) is 0 Å². The summed E-state index contributed by atoms with van der Waals surface area (Å²) in [6.45, 7) is -0.813. The molecule has 0 saturated carbocycles. The van der Waals surface area contributed by atoms with Gasteiger partial charge in [0, 0.05) is 4.47 Å². The van der Waals surface area contributed by atoms with Crippen molar-refractivity contribution < 1.29 is 23.0 Å². The Bertz CT molecular complexity index is 327. The van der Waals surface area contributed by atoms with Crippen LogP contribution in [0.15, 0.2) is 28.7 Å². The molecule has 0 radical (unpaired) electrons. The summed E-state index contributed by atoms with van der Waals surface area (Å²) in [5.41, 5.74) is 0.363. The van der Waals surface area contributed by atoms with Gasteiger partial charge in [-0.05, 0) is 11.6 Å². The fourth-order valence-corrected chi connectivity index (χ4v) is 1.56. The lowest BCUT2D eigenvalue weighted by Crippen LogP contribution is -2.18. The maximum absolute atomic E-state index is 11.7. The Kier molecular flexibility index (Phi) is 4.12. The summed E-state index contributed by atoms with van der Waals surface area (Å²) >= 11 is 3.12. The number of rotatable bonds is 3. The summed E-state index contributed by atoms with van der Waals surface area (Å²) in [4.78, 5) is 0. The Morgan fingerprint density at radius 3 is 2.47 bits per heavy atom. The van der Waals surface area contributed by atoms with Gasteiger partial charge in [0.1, 0.15) is 6.10 Å². The Morgan fingerprint density at radius 1 is 1.33 bits per heavy atom. The zero-order chi connectivity index (χ0) is 11.5. The topological polar surface area (TPSA) is 29.5 Å². The van der Waals surface area contributed by atoms with Crippen LogP contribution < -0.4 is 0 Å². The van der Waals surface area contributed by atoms with Gasteiger partial charge < -0.3 is 5.11 Å². The zero-order valence-electron chi connectivity index (χ0n) is 7.46. The van der Waals surface area contributed by atoms with Gasteiger partial charge in [0.05, 0.1) is 6.61 Å². The fourth-order valence-electron chi connectivity index (χ4n) is 1.01. The molecule has 1 atom stereocenters. The van der Waals surface area contributed by atoms with Crippen LogP contribution >= 0.6 is 15.9 Å². The number of hydrogen-bond donors (Lipinski definition) is 1. The molecule has 0 aromatic heterocycles. The molecule has 0 aliphatic heterocycles. The molecule has 0 fully saturated rings. The van der Waals surface area contributed by atoms with E-state index in [-0.39, 0.29) is 0 Å². The second-order valence-electron chi connectivity index (χ2n) is 2.79. The van der Waals surface area contributed by atoms with Crippen LogP contribution in [0.25, 0.3) is 0 Å². The summed E-state index contributed by atoms with van der Waals surface area (Å²) in [7, 11) is 0. The molecule has 0 saturated heterocycles. The molecule has 84 valence electrons. The normalized spacial score (nSPS) is 13.9. The first-order valence-electron chi connectivity index (χ1n) is 4.03. The standard InChI is InChI=1S/C9H8BrF3O2/c10-7-4-2-1-3-6(7)8(14)5-15-9(11,12)13/h1-4,8,14H,5H2/t8-/m1/s1. The number of aliphatic hydroxyl groups excluding tert-OH is 1. The van der Waals surface area contributed by atoms with Crippen LogP contribution in [0.1, 0.15) is 11.7 Å². The van der Waals surface area contributed by atoms with Gasteiger partial charge in [-0.25, -0.2) is 0 Å². The molecule has 0 heterocycles. The van der Waals surface area contributed by atoms with Crippen LogP contribution in [0.5, 0.6) is 0 Å². The number of alkyl halides is 3. The van der Waals surface area contributed by atoms with E-state index < -0.39 is 19.1 Å². The highest BCUT2D eigenvalue weighted by molar-refractivity contribution is 9.10. The molecule has 2 nitrogen and oxygen atoms in total. The van der Waals surface area contributed by atoms with E-state index in [0.29, 0.717) is 10.0 Å². The number of ether oxygens (including phenoxy) is 1. The predicted molar refractivity (Wildman–Crippen MR) is 51.1 cm³/mol. The number of benzene rings is 1. The van der Waals surface area contributed by atoms with Crippen molar-refractivity contribution in [1.29, 1.82) is 0 Å². The monoisotopic (exact) mass is 284 g/mol. The zero-order valence-corrected chi connectivity index (χ0v) is 9.05. The molecule has 0 aliphatic rings. The van der Waals surface area contributed by atoms with E-state index in [9.17, 15) is 18.3 Å². The van der Waals surface area contributed by atoms with Gasteiger partial charge in [0.2, 0.25) is 0 Å². The molecule has 15 heavy (non-hydrogen) atoms. The van der Waals surface area contributed by atoms with Crippen LogP contribution in [0, 0.1) is 0 Å². The third kappa shape index (κ3) is 4.19. The van der Waals surface area contributed by atoms with Crippen molar-refractivity contribution in [1.82, 2.24) is 0 Å². The Hall–Kier alpha value is -0.590. The van der Waals surface area contributed by atoms with Crippen LogP contribution in [0.4, 0.5) is 13.2 Å². The molecule has 6 heteroatoms. The van der Waals surface area contributed by atoms with Crippen LogP contribution in [-0.2, 0) is 4.74 Å². The van der Waals surface area contributed by atoms with E-state index in [1.807, 2.05) is 0 Å². The number of aliphatic hydroxyl groups is 1. The molecule has 0 spiro atoms. The molecule has 0 bridgehead atoms. The summed E-state index contributed by atoms with van der Waals surface area (Å²) in [5.74, 6) is 0. The highest BCUT2D eigenvalue weighted by atomic mass is 79.9. The molecule has 1 aromatic carbocycles. The fraction of sp³-hybridized carbons (Fsp3) is 0.333. The van der Waals surface area contributed by atoms with E-state index in [1.165, 1.54) is 6.07 Å². The maximum atomic E-state index is 11.7. The quantitative estimate of drug-likeness (QED) is 0.925. The van der Waals surface area contributed by atoms with Crippen molar-refractivity contribution >= 4 is 15.9 Å². The van der Waals surface area contributed by atoms with E-state index in [2.05, 4.69) is 20.7 Å². The van der Waals surface area contributed by atoms with Crippen LogP contribution in [0.3, 0.4) is 0 Å². The van der Waals surface area contributed by atoms with Crippen molar-refractivity contribution in [2.75, 3.05) is 6.61 Å². The van der Waals surface area contributed by atoms with Gasteiger partial charge in [-0.3, -0.25) is 4.74 Å². The van der Waals surface area contributed by atoms with E-state index in [4.69, 9.17) is 0 Å².